The molecule has 0 bridgehead atoms. The highest BCUT2D eigenvalue weighted by molar-refractivity contribution is 6.25. The summed E-state index contributed by atoms with van der Waals surface area (Å²) in [6.45, 7) is 1.60. The van der Waals surface area contributed by atoms with Crippen LogP contribution in [0.2, 0.25) is 0 Å². The Balaban J connectivity index is 1.52. The number of benzene rings is 2. The van der Waals surface area contributed by atoms with E-state index >= 15 is 0 Å². The molecule has 6 atom stereocenters. The number of carbonyl (C=O) groups is 1. The number of β-amino-alcohol motifs (C(OH)–C–C–N with tert-alkyl or cyclic N) is 2. The minimum atomic E-state index is -0.878. The van der Waals surface area contributed by atoms with Crippen LogP contribution in [0.4, 0.5) is 0 Å². The smallest absolute Gasteiger partial charge is 0.173 e. The Bertz CT molecular complexity index is 849. The zero-order chi connectivity index (χ0) is 24.1. The van der Waals surface area contributed by atoms with Gasteiger partial charge in [0.05, 0.1) is 23.0 Å². The van der Waals surface area contributed by atoms with Crippen LogP contribution in [0.3, 0.4) is 0 Å². The molecule has 9 heteroatoms. The molecule has 6 unspecified atom stereocenters. The third kappa shape index (κ3) is 5.98. The first-order chi connectivity index (χ1) is 16.5. The summed E-state index contributed by atoms with van der Waals surface area (Å²) in [6, 6.07) is 18.4. The second kappa shape index (κ2) is 11.9. The average Bonchev–Trinajstić information content (AvgIpc) is 2.86. The van der Waals surface area contributed by atoms with Crippen molar-refractivity contribution in [2.75, 3.05) is 26.2 Å². The molecule has 0 saturated carbocycles. The fourth-order valence-corrected chi connectivity index (χ4v) is 5.33. The largest absolute Gasteiger partial charge is 0.390 e. The number of halogens is 2. The second-order valence-corrected chi connectivity index (χ2v) is 9.91. The van der Waals surface area contributed by atoms with Crippen molar-refractivity contribution in [2.24, 2.45) is 0 Å². The normalized spacial score (nSPS) is 30.8. The monoisotopic (exact) mass is 506 g/mol. The molecule has 4 N–H and O–H groups in total. The molecule has 34 heavy (non-hydrogen) atoms. The van der Waals surface area contributed by atoms with Crippen LogP contribution in [0.15, 0.2) is 60.7 Å². The van der Waals surface area contributed by atoms with Crippen molar-refractivity contribution < 1.29 is 15.0 Å². The van der Waals surface area contributed by atoms with Gasteiger partial charge in [0.25, 0.3) is 0 Å². The van der Waals surface area contributed by atoms with Gasteiger partial charge in [-0.3, -0.25) is 15.6 Å². The van der Waals surface area contributed by atoms with Crippen LogP contribution < -0.4 is 10.9 Å². The van der Waals surface area contributed by atoms with Crippen LogP contribution in [0.5, 0.6) is 0 Å². The number of alkyl halides is 2. The third-order valence-corrected chi connectivity index (χ3v) is 7.63. The lowest BCUT2D eigenvalue weighted by atomic mass is 9.91. The first kappa shape index (κ1) is 25.5. The Labute approximate surface area is 210 Å². The third-order valence-electron chi connectivity index (χ3n) is 6.57. The maximum absolute atomic E-state index is 14.0. The number of hydrazine groups is 2. The number of nitrogens with zero attached hydrogens (tertiary/aromatic N) is 2. The Morgan fingerprint density at radius 3 is 1.53 bits per heavy atom. The van der Waals surface area contributed by atoms with Gasteiger partial charge in [0, 0.05) is 26.2 Å². The van der Waals surface area contributed by atoms with Gasteiger partial charge in [-0.2, -0.15) is 0 Å². The van der Waals surface area contributed by atoms with Crippen LogP contribution in [-0.2, 0) is 17.6 Å². The predicted octanol–water partition coefficient (Wildman–Crippen LogP) is 1.36. The van der Waals surface area contributed by atoms with Gasteiger partial charge in [-0.1, -0.05) is 60.7 Å². The quantitative estimate of drug-likeness (QED) is 0.402. The van der Waals surface area contributed by atoms with Crippen LogP contribution in [-0.4, -0.2) is 87.2 Å². The molecule has 0 amide bonds. The molecule has 2 fully saturated rings. The maximum Gasteiger partial charge on any atom is 0.173 e. The fraction of sp³-hybridized carbons (Fsp3) is 0.480. The molecule has 0 aromatic heterocycles. The molecule has 2 aliphatic rings. The van der Waals surface area contributed by atoms with E-state index in [-0.39, 0.29) is 18.9 Å². The van der Waals surface area contributed by atoms with E-state index < -0.39 is 35.0 Å². The summed E-state index contributed by atoms with van der Waals surface area (Å²) < 4.78 is 0. The van der Waals surface area contributed by atoms with Gasteiger partial charge >= 0.3 is 0 Å². The Kier molecular flexibility index (Phi) is 8.96. The van der Waals surface area contributed by atoms with Gasteiger partial charge in [0.2, 0.25) is 0 Å². The zero-order valence-electron chi connectivity index (χ0n) is 18.9. The Hall–Kier alpha value is -1.55. The van der Waals surface area contributed by atoms with E-state index in [1.165, 1.54) is 0 Å². The number of Topliss-reactive ketones (excluding diaryl/α,β-unsaturated/α-hetero) is 1. The number of aliphatic hydroxyl groups is 2. The molecular formula is C25H32Cl2N4O3. The highest BCUT2D eigenvalue weighted by Gasteiger charge is 2.48. The molecule has 0 aliphatic carbocycles. The lowest BCUT2D eigenvalue weighted by Crippen LogP contribution is -2.71. The Morgan fingerprint density at radius 2 is 1.15 bits per heavy atom. The average molecular weight is 507 g/mol. The number of hydrogen-bond donors (Lipinski definition) is 4. The minimum Gasteiger partial charge on any atom is -0.390 e. The van der Waals surface area contributed by atoms with Crippen molar-refractivity contribution in [3.05, 3.63) is 71.8 Å². The van der Waals surface area contributed by atoms with E-state index in [1.807, 2.05) is 70.7 Å². The SMILES string of the molecule is O=C(C1C(Cl)C(O)CNN1CCc1ccccc1)C1C(Cl)C(O)CNN1CCc1ccccc1. The zero-order valence-corrected chi connectivity index (χ0v) is 20.4. The lowest BCUT2D eigenvalue weighted by Gasteiger charge is -2.46. The van der Waals surface area contributed by atoms with E-state index in [4.69, 9.17) is 23.2 Å². The minimum absolute atomic E-state index is 0.223. The molecule has 0 spiro atoms. The van der Waals surface area contributed by atoms with E-state index in [0.29, 0.717) is 25.9 Å². The van der Waals surface area contributed by atoms with Crippen LogP contribution >= 0.6 is 23.2 Å². The van der Waals surface area contributed by atoms with Gasteiger partial charge in [-0.05, 0) is 24.0 Å². The summed E-state index contributed by atoms with van der Waals surface area (Å²) in [6.07, 6.45) is -0.330. The van der Waals surface area contributed by atoms with Gasteiger partial charge in [0.1, 0.15) is 12.1 Å². The van der Waals surface area contributed by atoms with Gasteiger partial charge < -0.3 is 10.2 Å². The topological polar surface area (TPSA) is 88.1 Å². The van der Waals surface area contributed by atoms with E-state index in [0.717, 1.165) is 11.1 Å². The molecule has 4 rings (SSSR count). The van der Waals surface area contributed by atoms with Crippen molar-refractivity contribution in [1.82, 2.24) is 20.9 Å². The second-order valence-electron chi connectivity index (χ2n) is 8.90. The molecule has 7 nitrogen and oxygen atoms in total. The van der Waals surface area contributed by atoms with E-state index in [9.17, 15) is 15.0 Å². The van der Waals surface area contributed by atoms with Gasteiger partial charge in [0.15, 0.2) is 5.78 Å². The molecule has 0 radical (unpaired) electrons. The highest BCUT2D eigenvalue weighted by Crippen LogP contribution is 2.27. The maximum atomic E-state index is 14.0. The molecule has 2 saturated heterocycles. The van der Waals surface area contributed by atoms with E-state index in [1.54, 1.807) is 0 Å². The van der Waals surface area contributed by atoms with Gasteiger partial charge in [-0.15, -0.1) is 23.2 Å². The van der Waals surface area contributed by atoms with Crippen LogP contribution in [0, 0.1) is 0 Å². The van der Waals surface area contributed by atoms with Gasteiger partial charge in [-0.25, -0.2) is 10.0 Å². The predicted molar refractivity (Wildman–Crippen MR) is 134 cm³/mol. The summed E-state index contributed by atoms with van der Waals surface area (Å²) >= 11 is 13.3. The van der Waals surface area contributed by atoms with E-state index in [2.05, 4.69) is 10.9 Å². The van der Waals surface area contributed by atoms with Crippen LogP contribution in [0.1, 0.15) is 11.1 Å². The molecule has 2 aromatic carbocycles. The van der Waals surface area contributed by atoms with Crippen molar-refractivity contribution in [2.45, 2.75) is 47.9 Å². The molecular weight excluding hydrogens is 475 g/mol. The molecule has 2 aromatic rings. The number of nitrogens with one attached hydrogen (secondary N) is 2. The first-order valence-electron chi connectivity index (χ1n) is 11.7. The Morgan fingerprint density at radius 1 is 0.765 bits per heavy atom. The summed E-state index contributed by atoms with van der Waals surface area (Å²) in [5.41, 5.74) is 8.63. The lowest BCUT2D eigenvalue weighted by molar-refractivity contribution is -0.139. The number of ketones is 1. The number of hydrogen-bond acceptors (Lipinski definition) is 7. The number of aliphatic hydroxyl groups excluding tert-OH is 2. The van der Waals surface area contributed by atoms with Crippen molar-refractivity contribution >= 4 is 29.0 Å². The molecule has 2 heterocycles. The van der Waals surface area contributed by atoms with Crippen molar-refractivity contribution in [3.63, 3.8) is 0 Å². The molecule has 2 aliphatic heterocycles. The number of carbonyl (C=O) groups excluding carboxylic acids is 1. The fourth-order valence-electron chi connectivity index (χ4n) is 4.63. The summed E-state index contributed by atoms with van der Waals surface area (Å²) in [7, 11) is 0. The van der Waals surface area contributed by atoms with Crippen molar-refractivity contribution in [3.8, 4) is 0 Å². The van der Waals surface area contributed by atoms with Crippen molar-refractivity contribution in [1.29, 1.82) is 0 Å². The summed E-state index contributed by atoms with van der Waals surface area (Å²) in [5.74, 6) is -0.223. The molecule has 184 valence electrons. The summed E-state index contributed by atoms with van der Waals surface area (Å²) in [5, 5.41) is 22.9. The van der Waals surface area contributed by atoms with Crippen LogP contribution in [0.25, 0.3) is 0 Å². The first-order valence-corrected chi connectivity index (χ1v) is 12.6. The summed E-state index contributed by atoms with van der Waals surface area (Å²) in [4.78, 5) is 14.0. The highest BCUT2D eigenvalue weighted by atomic mass is 35.5. The number of rotatable bonds is 8. The standard InChI is InChI=1S/C25H32Cl2N4O3/c26-21-19(32)15-28-30(13-11-17-7-3-1-4-8-17)23(21)25(34)24-22(27)20(33)16-29-31(24)14-12-18-9-5-2-6-10-18/h1-10,19-24,28-29,32-33H,11-16H2.